The third-order valence-electron chi connectivity index (χ3n) is 1.92. The maximum atomic E-state index is 11.3. The van der Waals surface area contributed by atoms with Crippen LogP contribution in [0, 0.1) is 0 Å². The lowest BCUT2D eigenvalue weighted by atomic mass is 10.3. The van der Waals surface area contributed by atoms with Gasteiger partial charge in [0.15, 0.2) is 0 Å². The van der Waals surface area contributed by atoms with Crippen LogP contribution in [-0.2, 0) is 4.79 Å². The SMILES string of the molecule is CNCC(=O)Nc1ccc(OC(C)C)c(Cl)c1. The maximum Gasteiger partial charge on any atom is 0.238 e. The van der Waals surface area contributed by atoms with Crippen molar-refractivity contribution in [2.24, 2.45) is 0 Å². The molecule has 0 aliphatic carbocycles. The maximum absolute atomic E-state index is 11.3. The molecule has 0 fully saturated rings. The second-order valence-electron chi connectivity index (χ2n) is 3.89. The fraction of sp³-hybridized carbons (Fsp3) is 0.417. The number of ether oxygens (including phenoxy) is 1. The third-order valence-corrected chi connectivity index (χ3v) is 2.21. The van der Waals surface area contributed by atoms with Crippen LogP contribution in [-0.4, -0.2) is 25.6 Å². The van der Waals surface area contributed by atoms with Crippen LogP contribution in [0.5, 0.6) is 5.75 Å². The van der Waals surface area contributed by atoms with Gasteiger partial charge in [-0.3, -0.25) is 4.79 Å². The van der Waals surface area contributed by atoms with Crippen LogP contribution in [0.2, 0.25) is 5.02 Å². The highest BCUT2D eigenvalue weighted by atomic mass is 35.5. The number of nitrogens with one attached hydrogen (secondary N) is 2. The standard InChI is InChI=1S/C12H17ClN2O2/c1-8(2)17-11-5-4-9(6-10(11)13)15-12(16)7-14-3/h4-6,8,14H,7H2,1-3H3,(H,15,16). The van der Waals surface area contributed by atoms with E-state index in [1.807, 2.05) is 13.8 Å². The lowest BCUT2D eigenvalue weighted by molar-refractivity contribution is -0.115. The number of rotatable bonds is 5. The first-order valence-corrected chi connectivity index (χ1v) is 5.81. The molecule has 2 N–H and O–H groups in total. The van der Waals surface area contributed by atoms with Gasteiger partial charge in [0.05, 0.1) is 17.7 Å². The minimum Gasteiger partial charge on any atom is -0.489 e. The number of amides is 1. The monoisotopic (exact) mass is 256 g/mol. The fourth-order valence-electron chi connectivity index (χ4n) is 1.29. The molecule has 0 aliphatic rings. The molecule has 0 aromatic heterocycles. The molecule has 1 aromatic carbocycles. The van der Waals surface area contributed by atoms with Crippen molar-refractivity contribution in [1.82, 2.24) is 5.32 Å². The van der Waals surface area contributed by atoms with E-state index in [1.54, 1.807) is 25.2 Å². The zero-order chi connectivity index (χ0) is 12.8. The summed E-state index contributed by atoms with van der Waals surface area (Å²) in [5.41, 5.74) is 0.659. The Kier molecular flexibility index (Phi) is 5.25. The van der Waals surface area contributed by atoms with Crippen LogP contribution in [0.4, 0.5) is 5.69 Å². The average molecular weight is 257 g/mol. The van der Waals surface area contributed by atoms with Crippen LogP contribution in [0.3, 0.4) is 0 Å². The topological polar surface area (TPSA) is 50.4 Å². The van der Waals surface area contributed by atoms with Crippen LogP contribution in [0.25, 0.3) is 0 Å². The van der Waals surface area contributed by atoms with Gasteiger partial charge in [0.2, 0.25) is 5.91 Å². The Morgan fingerprint density at radius 2 is 2.18 bits per heavy atom. The van der Waals surface area contributed by atoms with Gasteiger partial charge in [-0.2, -0.15) is 0 Å². The van der Waals surface area contributed by atoms with E-state index < -0.39 is 0 Å². The predicted molar refractivity (Wildman–Crippen MR) is 69.8 cm³/mol. The zero-order valence-electron chi connectivity index (χ0n) is 10.2. The van der Waals surface area contributed by atoms with Gasteiger partial charge in [0, 0.05) is 5.69 Å². The second kappa shape index (κ2) is 6.47. The molecule has 0 spiro atoms. The highest BCUT2D eigenvalue weighted by molar-refractivity contribution is 6.32. The van der Waals surface area contributed by atoms with Crippen molar-refractivity contribution in [1.29, 1.82) is 0 Å². The molecular formula is C12H17ClN2O2. The minimum absolute atomic E-state index is 0.0669. The second-order valence-corrected chi connectivity index (χ2v) is 4.30. The van der Waals surface area contributed by atoms with E-state index in [0.717, 1.165) is 0 Å². The number of carbonyl (C=O) groups excluding carboxylic acids is 1. The van der Waals surface area contributed by atoms with Crippen molar-refractivity contribution in [3.05, 3.63) is 23.2 Å². The summed E-state index contributed by atoms with van der Waals surface area (Å²) in [6.07, 6.45) is 0.0669. The van der Waals surface area contributed by atoms with Gasteiger partial charge in [0.1, 0.15) is 5.75 Å². The Morgan fingerprint density at radius 3 is 2.71 bits per heavy atom. The van der Waals surface area contributed by atoms with Crippen LogP contribution >= 0.6 is 11.6 Å². The molecule has 94 valence electrons. The van der Waals surface area contributed by atoms with Gasteiger partial charge >= 0.3 is 0 Å². The van der Waals surface area contributed by atoms with Gasteiger partial charge in [0.25, 0.3) is 0 Å². The summed E-state index contributed by atoms with van der Waals surface area (Å²) in [6, 6.07) is 5.18. The highest BCUT2D eigenvalue weighted by Gasteiger charge is 2.06. The number of carbonyl (C=O) groups is 1. The van der Waals surface area contributed by atoms with E-state index in [-0.39, 0.29) is 18.6 Å². The third kappa shape index (κ3) is 4.63. The molecule has 0 unspecified atom stereocenters. The van der Waals surface area contributed by atoms with E-state index in [2.05, 4.69) is 10.6 Å². The highest BCUT2D eigenvalue weighted by Crippen LogP contribution is 2.28. The molecule has 1 aromatic rings. The molecule has 0 heterocycles. The Bertz CT molecular complexity index is 394. The first-order chi connectivity index (χ1) is 8.02. The van der Waals surface area contributed by atoms with Crippen LogP contribution in [0.1, 0.15) is 13.8 Å². The summed E-state index contributed by atoms with van der Waals surface area (Å²) in [4.78, 5) is 11.3. The van der Waals surface area contributed by atoms with Crippen molar-refractivity contribution in [3.8, 4) is 5.75 Å². The molecule has 0 radical (unpaired) electrons. The van der Waals surface area contributed by atoms with Gasteiger partial charge in [-0.25, -0.2) is 0 Å². The predicted octanol–water partition coefficient (Wildman–Crippen LogP) is 2.29. The molecule has 0 saturated carbocycles. The lowest BCUT2D eigenvalue weighted by Crippen LogP contribution is -2.25. The van der Waals surface area contributed by atoms with Crippen molar-refractivity contribution in [2.45, 2.75) is 20.0 Å². The summed E-state index contributed by atoms with van der Waals surface area (Å²) in [5.74, 6) is 0.509. The molecule has 17 heavy (non-hydrogen) atoms. The molecular weight excluding hydrogens is 240 g/mol. The Balaban J connectivity index is 2.71. The van der Waals surface area contributed by atoms with E-state index in [4.69, 9.17) is 16.3 Å². The molecule has 0 bridgehead atoms. The number of anilines is 1. The van der Waals surface area contributed by atoms with Gasteiger partial charge in [-0.15, -0.1) is 0 Å². The summed E-state index contributed by atoms with van der Waals surface area (Å²) >= 11 is 6.04. The van der Waals surface area contributed by atoms with E-state index >= 15 is 0 Å². The van der Waals surface area contributed by atoms with Crippen LogP contribution in [0.15, 0.2) is 18.2 Å². The largest absolute Gasteiger partial charge is 0.489 e. The molecule has 5 heteroatoms. The van der Waals surface area contributed by atoms with Crippen molar-refractivity contribution < 1.29 is 9.53 Å². The first-order valence-electron chi connectivity index (χ1n) is 5.43. The summed E-state index contributed by atoms with van der Waals surface area (Å²) in [6.45, 7) is 4.12. The molecule has 1 rings (SSSR count). The smallest absolute Gasteiger partial charge is 0.238 e. The molecule has 1 amide bonds. The van der Waals surface area contributed by atoms with Crippen molar-refractivity contribution in [2.75, 3.05) is 18.9 Å². The Hall–Kier alpha value is -1.26. The Labute approximate surface area is 106 Å². The fourth-order valence-corrected chi connectivity index (χ4v) is 1.52. The number of benzene rings is 1. The van der Waals surface area contributed by atoms with Gasteiger partial charge in [-0.1, -0.05) is 11.6 Å². The zero-order valence-corrected chi connectivity index (χ0v) is 11.0. The number of hydrogen-bond donors (Lipinski definition) is 2. The normalized spacial score (nSPS) is 10.4. The minimum atomic E-state index is -0.110. The van der Waals surface area contributed by atoms with E-state index in [0.29, 0.717) is 16.5 Å². The Morgan fingerprint density at radius 1 is 1.47 bits per heavy atom. The first kappa shape index (κ1) is 13.8. The van der Waals surface area contributed by atoms with Gasteiger partial charge < -0.3 is 15.4 Å². The number of likely N-dealkylation sites (N-methyl/N-ethyl adjacent to an activating group) is 1. The summed E-state index contributed by atoms with van der Waals surface area (Å²) < 4.78 is 5.50. The van der Waals surface area contributed by atoms with E-state index in [9.17, 15) is 4.79 Å². The molecule has 4 nitrogen and oxygen atoms in total. The van der Waals surface area contributed by atoms with Gasteiger partial charge in [-0.05, 0) is 39.1 Å². The average Bonchev–Trinajstić information content (AvgIpc) is 2.22. The van der Waals surface area contributed by atoms with Crippen molar-refractivity contribution >= 4 is 23.2 Å². The van der Waals surface area contributed by atoms with Crippen molar-refractivity contribution in [3.63, 3.8) is 0 Å². The molecule has 0 atom stereocenters. The molecule has 0 aliphatic heterocycles. The summed E-state index contributed by atoms with van der Waals surface area (Å²) in [5, 5.41) is 5.98. The summed E-state index contributed by atoms with van der Waals surface area (Å²) in [7, 11) is 1.71. The lowest BCUT2D eigenvalue weighted by Gasteiger charge is -2.12. The number of hydrogen-bond acceptors (Lipinski definition) is 3. The molecule has 0 saturated heterocycles. The number of halogens is 1. The van der Waals surface area contributed by atoms with Crippen LogP contribution < -0.4 is 15.4 Å². The quantitative estimate of drug-likeness (QED) is 0.850. The van der Waals surface area contributed by atoms with E-state index in [1.165, 1.54) is 0 Å².